The zero-order chi connectivity index (χ0) is 20.1. The van der Waals surface area contributed by atoms with E-state index in [9.17, 15) is 17.2 Å². The van der Waals surface area contributed by atoms with E-state index in [2.05, 4.69) is 14.7 Å². The van der Waals surface area contributed by atoms with Crippen LogP contribution >= 0.6 is 11.8 Å². The molecular weight excluding hydrogens is 414 g/mol. The van der Waals surface area contributed by atoms with Gasteiger partial charge in [-0.05, 0) is 12.5 Å². The number of rotatable bonds is 9. The van der Waals surface area contributed by atoms with E-state index < -0.39 is 21.8 Å². The zero-order valence-corrected chi connectivity index (χ0v) is 16.3. The fourth-order valence-corrected chi connectivity index (χ4v) is 4.33. The molecule has 0 unspecified atom stereocenters. The molecule has 3 rings (SSSR count). The summed E-state index contributed by atoms with van der Waals surface area (Å²) < 4.78 is 60.5. The van der Waals surface area contributed by atoms with E-state index in [0.29, 0.717) is 13.1 Å². The number of aliphatic hydroxyl groups excluding tert-OH is 1. The van der Waals surface area contributed by atoms with Gasteiger partial charge in [-0.3, -0.25) is 4.72 Å². The number of nitrogens with zero attached hydrogens (tertiary/aromatic N) is 3. The van der Waals surface area contributed by atoms with E-state index in [1.807, 2.05) is 0 Å². The monoisotopic (exact) mass is 432 g/mol. The highest BCUT2D eigenvalue weighted by molar-refractivity contribution is 7.98. The average molecular weight is 432 g/mol. The Morgan fingerprint density at radius 3 is 2.75 bits per heavy atom. The van der Waals surface area contributed by atoms with Crippen molar-refractivity contribution < 1.29 is 27.0 Å². The van der Waals surface area contributed by atoms with Crippen molar-refractivity contribution >= 4 is 27.8 Å². The molecule has 0 amide bonds. The van der Waals surface area contributed by atoms with E-state index in [-0.39, 0.29) is 41.4 Å². The Morgan fingerprint density at radius 1 is 1.29 bits per heavy atom. The van der Waals surface area contributed by atoms with Crippen molar-refractivity contribution in [2.45, 2.75) is 17.3 Å². The molecule has 12 heteroatoms. The van der Waals surface area contributed by atoms with E-state index in [0.717, 1.165) is 24.2 Å². The molecule has 8 nitrogen and oxygen atoms in total. The Kier molecular flexibility index (Phi) is 6.65. The Hall–Kier alpha value is -2.02. The van der Waals surface area contributed by atoms with Crippen molar-refractivity contribution in [1.82, 2.24) is 14.3 Å². The van der Waals surface area contributed by atoms with Crippen LogP contribution < -0.4 is 9.46 Å². The van der Waals surface area contributed by atoms with Gasteiger partial charge in [-0.15, -0.1) is 0 Å². The van der Waals surface area contributed by atoms with Crippen LogP contribution in [0.1, 0.15) is 12.0 Å². The second kappa shape index (κ2) is 8.99. The minimum absolute atomic E-state index is 0.0166. The van der Waals surface area contributed by atoms with E-state index in [4.69, 9.17) is 9.84 Å². The molecule has 0 spiro atoms. The Morgan fingerprint density at radius 2 is 2.07 bits per heavy atom. The number of aliphatic hydroxyl groups is 1. The van der Waals surface area contributed by atoms with Crippen LogP contribution in [0.25, 0.3) is 0 Å². The summed E-state index contributed by atoms with van der Waals surface area (Å²) in [5.41, 5.74) is 0.123. The van der Waals surface area contributed by atoms with Crippen molar-refractivity contribution in [1.29, 1.82) is 0 Å². The molecule has 1 aromatic carbocycles. The van der Waals surface area contributed by atoms with Crippen molar-refractivity contribution in [2.75, 3.05) is 31.0 Å². The van der Waals surface area contributed by atoms with Crippen LogP contribution in [0.3, 0.4) is 0 Å². The largest absolute Gasteiger partial charge is 0.475 e. The van der Waals surface area contributed by atoms with Gasteiger partial charge < -0.3 is 9.84 Å². The Labute approximate surface area is 165 Å². The number of thioether (sulfide) groups is 1. The smallest absolute Gasteiger partial charge is 0.302 e. The van der Waals surface area contributed by atoms with Crippen LogP contribution in [0, 0.1) is 11.6 Å². The molecule has 0 saturated carbocycles. The van der Waals surface area contributed by atoms with Gasteiger partial charge in [0.15, 0.2) is 16.8 Å². The number of ether oxygens (including phenoxy) is 1. The highest BCUT2D eigenvalue weighted by Gasteiger charge is 2.28. The van der Waals surface area contributed by atoms with Crippen LogP contribution in [-0.2, 0) is 16.0 Å². The van der Waals surface area contributed by atoms with Gasteiger partial charge in [0, 0.05) is 30.5 Å². The predicted molar refractivity (Wildman–Crippen MR) is 99.3 cm³/mol. The standard InChI is InChI=1S/C16H18F2N4O4S2/c17-12-4-1-3-11(15(12)18)10-27-16-19-13(9-14(20-16)26-8-7-23)21-28(24,25)22-5-2-6-22/h1,3-4,9,23H,2,5-8,10H2,(H,19,20,21). The van der Waals surface area contributed by atoms with Gasteiger partial charge in [0.2, 0.25) is 5.88 Å². The summed E-state index contributed by atoms with van der Waals surface area (Å²) in [7, 11) is -3.74. The Balaban J connectivity index is 1.79. The van der Waals surface area contributed by atoms with Crippen molar-refractivity contribution in [3.05, 3.63) is 41.5 Å². The third-order valence-corrected chi connectivity index (χ3v) is 6.21. The van der Waals surface area contributed by atoms with Crippen LogP contribution in [0.15, 0.2) is 29.4 Å². The molecule has 1 aromatic heterocycles. The van der Waals surface area contributed by atoms with Crippen LogP contribution in [0.2, 0.25) is 0 Å². The third-order valence-electron chi connectivity index (χ3n) is 3.80. The van der Waals surface area contributed by atoms with Crippen molar-refractivity contribution in [3.63, 3.8) is 0 Å². The summed E-state index contributed by atoms with van der Waals surface area (Å²) in [5, 5.41) is 9.02. The molecule has 1 saturated heterocycles. The molecule has 0 atom stereocenters. The minimum atomic E-state index is -3.74. The number of hydrogen-bond donors (Lipinski definition) is 2. The summed E-state index contributed by atoms with van der Waals surface area (Å²) in [4.78, 5) is 8.21. The van der Waals surface area contributed by atoms with Crippen LogP contribution in [-0.4, -0.2) is 54.1 Å². The second-order valence-corrected chi connectivity index (χ2v) is 8.42. The number of halogens is 2. The SMILES string of the molecule is O=S(=O)(Nc1cc(OCCO)nc(SCc2cccc(F)c2F)n1)N1CCC1. The number of aromatic nitrogens is 2. The maximum atomic E-state index is 13.8. The third kappa shape index (κ3) is 5.07. The molecule has 2 heterocycles. The summed E-state index contributed by atoms with van der Waals surface area (Å²) in [5.74, 6) is -1.85. The summed E-state index contributed by atoms with van der Waals surface area (Å²) in [6.07, 6.45) is 0.788. The molecule has 152 valence electrons. The molecule has 1 aliphatic rings. The molecule has 0 bridgehead atoms. The molecule has 1 fully saturated rings. The zero-order valence-electron chi connectivity index (χ0n) is 14.6. The van der Waals surface area contributed by atoms with Gasteiger partial charge in [0.05, 0.1) is 6.61 Å². The normalized spacial score (nSPS) is 14.5. The predicted octanol–water partition coefficient (Wildman–Crippen LogP) is 1.78. The number of anilines is 1. The van der Waals surface area contributed by atoms with Gasteiger partial charge in [0.1, 0.15) is 12.4 Å². The highest BCUT2D eigenvalue weighted by Crippen LogP contribution is 2.26. The van der Waals surface area contributed by atoms with Gasteiger partial charge in [-0.25, -0.2) is 13.8 Å². The van der Waals surface area contributed by atoms with Gasteiger partial charge in [0.25, 0.3) is 0 Å². The topological polar surface area (TPSA) is 105 Å². The lowest BCUT2D eigenvalue weighted by Gasteiger charge is -2.29. The molecule has 0 radical (unpaired) electrons. The van der Waals surface area contributed by atoms with Crippen LogP contribution in [0.4, 0.5) is 14.6 Å². The van der Waals surface area contributed by atoms with E-state index in [1.165, 1.54) is 22.5 Å². The van der Waals surface area contributed by atoms with Crippen molar-refractivity contribution in [3.8, 4) is 5.88 Å². The van der Waals surface area contributed by atoms with Gasteiger partial charge >= 0.3 is 10.2 Å². The lowest BCUT2D eigenvalue weighted by Crippen LogP contribution is -2.45. The molecule has 0 aliphatic carbocycles. The first-order valence-electron chi connectivity index (χ1n) is 8.35. The summed E-state index contributed by atoms with van der Waals surface area (Å²) >= 11 is 0.993. The lowest BCUT2D eigenvalue weighted by atomic mass is 10.2. The highest BCUT2D eigenvalue weighted by atomic mass is 32.2. The minimum Gasteiger partial charge on any atom is -0.475 e. The molecule has 28 heavy (non-hydrogen) atoms. The fourth-order valence-electron chi connectivity index (χ4n) is 2.27. The lowest BCUT2D eigenvalue weighted by molar-refractivity contribution is 0.195. The average Bonchev–Trinajstić information content (AvgIpc) is 2.58. The maximum Gasteiger partial charge on any atom is 0.302 e. The maximum absolute atomic E-state index is 13.8. The summed E-state index contributed by atoms with van der Waals surface area (Å²) in [6.45, 7) is 0.553. The summed E-state index contributed by atoms with van der Waals surface area (Å²) in [6, 6.07) is 5.14. The molecular formula is C16H18F2N4O4S2. The Bertz CT molecular complexity index is 942. The first-order chi connectivity index (χ1) is 13.4. The first kappa shape index (κ1) is 20.7. The van der Waals surface area contributed by atoms with E-state index >= 15 is 0 Å². The number of hydrogen-bond acceptors (Lipinski definition) is 7. The first-order valence-corrected chi connectivity index (χ1v) is 10.8. The molecule has 2 N–H and O–H groups in total. The van der Waals surface area contributed by atoms with Gasteiger partial charge in [-0.2, -0.15) is 17.7 Å². The molecule has 1 aliphatic heterocycles. The van der Waals surface area contributed by atoms with Crippen molar-refractivity contribution in [2.24, 2.45) is 0 Å². The molecule has 2 aromatic rings. The number of benzene rings is 1. The van der Waals surface area contributed by atoms with Gasteiger partial charge in [-0.1, -0.05) is 23.9 Å². The van der Waals surface area contributed by atoms with E-state index in [1.54, 1.807) is 0 Å². The number of nitrogens with one attached hydrogen (secondary N) is 1. The quantitative estimate of drug-likeness (QED) is 0.460. The van der Waals surface area contributed by atoms with Crippen LogP contribution in [0.5, 0.6) is 5.88 Å². The fraction of sp³-hybridized carbons (Fsp3) is 0.375. The second-order valence-electron chi connectivity index (χ2n) is 5.81.